The number of benzene rings is 5. The molecule has 5 aromatic carbocycles. The molecule has 9 nitrogen and oxygen atoms in total. The highest BCUT2D eigenvalue weighted by molar-refractivity contribution is 6.14. The first-order chi connectivity index (χ1) is 26.5. The summed E-state index contributed by atoms with van der Waals surface area (Å²) in [6.07, 6.45) is 4.23. The van der Waals surface area contributed by atoms with Crippen molar-refractivity contribution in [1.82, 2.24) is 24.8 Å². The van der Waals surface area contributed by atoms with Gasteiger partial charge in [-0.1, -0.05) is 123 Å². The molecule has 0 saturated carbocycles. The highest BCUT2D eigenvalue weighted by Crippen LogP contribution is 2.37. The fraction of sp³-hybridized carbons (Fsp3) is 0.200. The summed E-state index contributed by atoms with van der Waals surface area (Å²) in [5.74, 6) is 0.411. The van der Waals surface area contributed by atoms with Gasteiger partial charge in [-0.05, 0) is 43.0 Å². The van der Waals surface area contributed by atoms with Crippen LogP contribution in [0.1, 0.15) is 67.2 Å². The summed E-state index contributed by atoms with van der Waals surface area (Å²) in [5.41, 5.74) is 8.72. The predicted molar refractivity (Wildman–Crippen MR) is 214 cm³/mol. The van der Waals surface area contributed by atoms with E-state index in [9.17, 15) is 14.7 Å². The SMILES string of the molecule is CCCCn1c2cc(N=C(c3ccccc3)c3ccccc3)ccc2c2ccc(-c3cnc([C@@H]4CCCN4C(=O)C(NC(=O)O)c4ccccc4)[nH]3)cc21. The normalized spacial score (nSPS) is 14.7. The summed E-state index contributed by atoms with van der Waals surface area (Å²) in [6.45, 7) is 3.61. The van der Waals surface area contributed by atoms with Crippen LogP contribution in [0, 0.1) is 0 Å². The number of carboxylic acid groups (broad SMARTS) is 1. The molecule has 2 amide bonds. The van der Waals surface area contributed by atoms with E-state index in [1.807, 2.05) is 48.7 Å². The van der Waals surface area contributed by atoms with E-state index in [1.54, 1.807) is 29.2 Å². The topological polar surface area (TPSA) is 116 Å². The molecule has 1 aliphatic heterocycles. The largest absolute Gasteiger partial charge is 0.465 e. The van der Waals surface area contributed by atoms with Crippen molar-refractivity contribution >= 4 is 45.2 Å². The molecule has 1 unspecified atom stereocenters. The van der Waals surface area contributed by atoms with Gasteiger partial charge in [-0.15, -0.1) is 0 Å². The van der Waals surface area contributed by atoms with Crippen molar-refractivity contribution in [1.29, 1.82) is 0 Å². The van der Waals surface area contributed by atoms with E-state index < -0.39 is 12.1 Å². The number of unbranched alkanes of at least 4 members (excludes halogenated alkanes) is 1. The lowest BCUT2D eigenvalue weighted by molar-refractivity contribution is -0.134. The first kappa shape index (κ1) is 34.6. The molecule has 0 bridgehead atoms. The Balaban J connectivity index is 1.14. The van der Waals surface area contributed by atoms with Gasteiger partial charge in [0.25, 0.3) is 5.91 Å². The highest BCUT2D eigenvalue weighted by atomic mass is 16.4. The van der Waals surface area contributed by atoms with Crippen molar-refractivity contribution in [2.75, 3.05) is 6.54 Å². The molecule has 54 heavy (non-hydrogen) atoms. The average Bonchev–Trinajstić information content (AvgIpc) is 3.97. The molecule has 1 saturated heterocycles. The van der Waals surface area contributed by atoms with Gasteiger partial charge in [-0.2, -0.15) is 0 Å². The smallest absolute Gasteiger partial charge is 0.405 e. The van der Waals surface area contributed by atoms with Crippen LogP contribution >= 0.6 is 0 Å². The van der Waals surface area contributed by atoms with Crippen LogP contribution in [0.25, 0.3) is 33.1 Å². The van der Waals surface area contributed by atoms with Crippen LogP contribution in [0.5, 0.6) is 0 Å². The van der Waals surface area contributed by atoms with Gasteiger partial charge in [0, 0.05) is 46.1 Å². The number of hydrogen-bond acceptors (Lipinski definition) is 4. The van der Waals surface area contributed by atoms with Gasteiger partial charge in [-0.25, -0.2) is 14.8 Å². The van der Waals surface area contributed by atoms with Gasteiger partial charge >= 0.3 is 6.09 Å². The first-order valence-corrected chi connectivity index (χ1v) is 18.6. The molecular formula is C45H42N6O3. The number of hydrogen-bond donors (Lipinski definition) is 3. The molecule has 3 heterocycles. The minimum atomic E-state index is -1.24. The molecule has 0 radical (unpaired) electrons. The number of aliphatic imine (C=N–C) groups is 1. The Bertz CT molecular complexity index is 2410. The number of amides is 2. The molecule has 0 aliphatic carbocycles. The molecule has 8 rings (SSSR count). The molecule has 7 aromatic rings. The number of carbonyl (C=O) groups is 2. The van der Waals surface area contributed by atoms with E-state index >= 15 is 0 Å². The number of imidazole rings is 1. The first-order valence-electron chi connectivity index (χ1n) is 18.6. The van der Waals surface area contributed by atoms with E-state index in [-0.39, 0.29) is 11.9 Å². The molecular weight excluding hydrogens is 673 g/mol. The predicted octanol–water partition coefficient (Wildman–Crippen LogP) is 9.83. The zero-order chi connectivity index (χ0) is 37.0. The summed E-state index contributed by atoms with van der Waals surface area (Å²) < 4.78 is 2.41. The molecule has 2 atom stereocenters. The number of fused-ring (bicyclic) bond motifs is 3. The molecule has 270 valence electrons. The maximum Gasteiger partial charge on any atom is 0.405 e. The number of rotatable bonds is 11. The van der Waals surface area contributed by atoms with Crippen molar-refractivity contribution < 1.29 is 14.7 Å². The van der Waals surface area contributed by atoms with Crippen LogP contribution in [0.2, 0.25) is 0 Å². The molecule has 3 N–H and O–H groups in total. The van der Waals surface area contributed by atoms with Crippen LogP contribution in [0.15, 0.2) is 139 Å². The van der Waals surface area contributed by atoms with E-state index in [0.29, 0.717) is 17.9 Å². The van der Waals surface area contributed by atoms with Gasteiger partial charge in [0.1, 0.15) is 11.9 Å². The Labute approximate surface area is 314 Å². The van der Waals surface area contributed by atoms with Gasteiger partial charge < -0.3 is 24.9 Å². The van der Waals surface area contributed by atoms with Crippen molar-refractivity contribution in [3.8, 4) is 11.3 Å². The van der Waals surface area contributed by atoms with Crippen LogP contribution in [0.4, 0.5) is 10.5 Å². The Hall–Kier alpha value is -6.48. The fourth-order valence-corrected chi connectivity index (χ4v) is 7.68. The van der Waals surface area contributed by atoms with Gasteiger partial charge in [0.15, 0.2) is 0 Å². The number of carbonyl (C=O) groups excluding carboxylic acids is 1. The van der Waals surface area contributed by atoms with Crippen LogP contribution in [-0.4, -0.2) is 48.8 Å². The minimum absolute atomic E-state index is 0.283. The summed E-state index contributed by atoms with van der Waals surface area (Å²) in [4.78, 5) is 40.9. The Kier molecular flexibility index (Phi) is 9.77. The van der Waals surface area contributed by atoms with E-state index in [4.69, 9.17) is 9.98 Å². The van der Waals surface area contributed by atoms with Crippen molar-refractivity contribution in [2.45, 2.75) is 51.2 Å². The quantitative estimate of drug-likeness (QED) is 0.116. The maximum atomic E-state index is 13.9. The number of nitrogens with zero attached hydrogens (tertiary/aromatic N) is 4. The number of aromatic nitrogens is 3. The summed E-state index contributed by atoms with van der Waals surface area (Å²) >= 11 is 0. The summed E-state index contributed by atoms with van der Waals surface area (Å²) in [6, 6.07) is 41.4. The lowest BCUT2D eigenvalue weighted by Crippen LogP contribution is -2.42. The van der Waals surface area contributed by atoms with Crippen LogP contribution in [-0.2, 0) is 11.3 Å². The van der Waals surface area contributed by atoms with Gasteiger partial charge in [0.2, 0.25) is 0 Å². The zero-order valence-electron chi connectivity index (χ0n) is 30.2. The van der Waals surface area contributed by atoms with Crippen molar-refractivity contribution in [3.05, 3.63) is 156 Å². The third-order valence-corrected chi connectivity index (χ3v) is 10.3. The standard InChI is InChI=1S/C45H42N6O3/c1-2-3-25-50-39-27-33(37-29-46-43(48-37)38-20-13-26-51(38)44(52)42(49-45(53)54)32-18-11-6-12-19-32)21-23-35(39)36-24-22-34(28-40(36)50)47-41(30-14-7-4-8-15-30)31-16-9-5-10-17-31/h4-12,14-19,21-24,27-29,38,42,49H,2-3,13,20,25-26H2,1H3,(H,46,48)(H,53,54)/t38-,42?/m0/s1. The van der Waals surface area contributed by atoms with Crippen molar-refractivity contribution in [2.24, 2.45) is 4.99 Å². The summed E-state index contributed by atoms with van der Waals surface area (Å²) in [5, 5.41) is 14.4. The number of aromatic amines is 1. The Morgan fingerprint density at radius 1 is 0.870 bits per heavy atom. The molecule has 1 aliphatic rings. The fourth-order valence-electron chi connectivity index (χ4n) is 7.68. The average molecular weight is 715 g/mol. The maximum absolute atomic E-state index is 13.9. The van der Waals surface area contributed by atoms with E-state index in [2.05, 4.69) is 82.5 Å². The second-order valence-corrected chi connectivity index (χ2v) is 13.8. The lowest BCUT2D eigenvalue weighted by atomic mass is 10.0. The third-order valence-electron chi connectivity index (χ3n) is 10.3. The second-order valence-electron chi connectivity index (χ2n) is 13.8. The van der Waals surface area contributed by atoms with Gasteiger partial charge in [0.05, 0.1) is 34.8 Å². The van der Waals surface area contributed by atoms with Gasteiger partial charge in [-0.3, -0.25) is 4.79 Å². The van der Waals surface area contributed by atoms with Crippen LogP contribution in [0.3, 0.4) is 0 Å². The third kappa shape index (κ3) is 6.88. The van der Waals surface area contributed by atoms with E-state index in [1.165, 1.54) is 10.8 Å². The molecule has 0 spiro atoms. The highest BCUT2D eigenvalue weighted by Gasteiger charge is 2.37. The number of nitrogens with one attached hydrogen (secondary N) is 2. The zero-order valence-corrected chi connectivity index (χ0v) is 30.2. The lowest BCUT2D eigenvalue weighted by Gasteiger charge is -2.28. The number of aryl methyl sites for hydroxylation is 1. The number of likely N-dealkylation sites (tertiary alicyclic amines) is 1. The molecule has 1 fully saturated rings. The Morgan fingerprint density at radius 2 is 1.52 bits per heavy atom. The monoisotopic (exact) mass is 714 g/mol. The minimum Gasteiger partial charge on any atom is -0.465 e. The van der Waals surface area contributed by atoms with E-state index in [0.717, 1.165) is 77.0 Å². The Morgan fingerprint density at radius 3 is 2.19 bits per heavy atom. The number of H-pyrrole nitrogens is 1. The molecule has 9 heteroatoms. The summed E-state index contributed by atoms with van der Waals surface area (Å²) in [7, 11) is 0. The van der Waals surface area contributed by atoms with Crippen LogP contribution < -0.4 is 5.32 Å². The van der Waals surface area contributed by atoms with Crippen molar-refractivity contribution in [3.63, 3.8) is 0 Å². The second kappa shape index (κ2) is 15.2. The molecule has 2 aromatic heterocycles.